The minimum Gasteiger partial charge on any atom is -0.465 e. The average Bonchev–Trinajstić information content (AvgIpc) is 3.48. The molecule has 2 aromatic heterocycles. The molecule has 4 rings (SSSR count). The van der Waals surface area contributed by atoms with Crippen LogP contribution in [0.25, 0.3) is 10.9 Å². The zero-order valence-electron chi connectivity index (χ0n) is 20.0. The van der Waals surface area contributed by atoms with Crippen molar-refractivity contribution >= 4 is 16.9 Å². The number of aryl methyl sites for hydroxylation is 1. The van der Waals surface area contributed by atoms with Crippen molar-refractivity contribution in [2.75, 3.05) is 19.8 Å². The van der Waals surface area contributed by atoms with Crippen LogP contribution in [-0.4, -0.2) is 61.9 Å². The van der Waals surface area contributed by atoms with E-state index in [0.29, 0.717) is 37.5 Å². The van der Waals surface area contributed by atoms with Gasteiger partial charge in [0.15, 0.2) is 5.82 Å². The van der Waals surface area contributed by atoms with Crippen molar-refractivity contribution in [1.82, 2.24) is 30.1 Å². The summed E-state index contributed by atoms with van der Waals surface area (Å²) < 4.78 is 12.5. The molecule has 1 fully saturated rings. The number of rotatable bonds is 10. The summed E-state index contributed by atoms with van der Waals surface area (Å²) >= 11 is 0. The molecule has 1 aromatic carbocycles. The molecule has 1 N–H and O–H groups in total. The molecule has 1 aliphatic heterocycles. The van der Waals surface area contributed by atoms with Crippen LogP contribution in [-0.2, 0) is 27.4 Å². The van der Waals surface area contributed by atoms with E-state index < -0.39 is 5.97 Å². The van der Waals surface area contributed by atoms with Crippen LogP contribution in [0, 0.1) is 6.92 Å². The van der Waals surface area contributed by atoms with E-state index in [1.807, 2.05) is 32.0 Å². The summed E-state index contributed by atoms with van der Waals surface area (Å²) in [6.45, 7) is 7.86. The van der Waals surface area contributed by atoms with Gasteiger partial charge in [-0.1, -0.05) is 18.6 Å². The van der Waals surface area contributed by atoms with Crippen molar-refractivity contribution in [2.24, 2.45) is 0 Å². The highest BCUT2D eigenvalue weighted by Crippen LogP contribution is 2.27. The van der Waals surface area contributed by atoms with Crippen molar-refractivity contribution in [1.29, 1.82) is 0 Å². The predicted molar refractivity (Wildman–Crippen MR) is 126 cm³/mol. The molecule has 10 nitrogen and oxygen atoms in total. The summed E-state index contributed by atoms with van der Waals surface area (Å²) in [5.74, 6) is 0.180. The maximum atomic E-state index is 13.0. The number of pyridine rings is 1. The van der Waals surface area contributed by atoms with Crippen LogP contribution in [0.2, 0.25) is 0 Å². The lowest BCUT2D eigenvalue weighted by molar-refractivity contribution is -0.144. The zero-order valence-corrected chi connectivity index (χ0v) is 20.0. The first kappa shape index (κ1) is 24.0. The fourth-order valence-electron chi connectivity index (χ4n) is 4.56. The highest BCUT2D eigenvalue weighted by molar-refractivity contribution is 5.79. The van der Waals surface area contributed by atoms with E-state index in [0.717, 1.165) is 35.9 Å². The Kier molecular flexibility index (Phi) is 7.69. The molecule has 3 aromatic rings. The lowest BCUT2D eigenvalue weighted by atomic mass is 10.1. The van der Waals surface area contributed by atoms with Crippen LogP contribution in [0.1, 0.15) is 56.1 Å². The number of ether oxygens (including phenoxy) is 2. The van der Waals surface area contributed by atoms with Crippen LogP contribution in [0.3, 0.4) is 0 Å². The van der Waals surface area contributed by atoms with Gasteiger partial charge < -0.3 is 14.5 Å². The van der Waals surface area contributed by atoms with Gasteiger partial charge in [-0.25, -0.2) is 4.68 Å². The van der Waals surface area contributed by atoms with Gasteiger partial charge >= 0.3 is 5.97 Å². The molecule has 0 aliphatic carbocycles. The predicted octanol–water partition coefficient (Wildman–Crippen LogP) is 2.52. The summed E-state index contributed by atoms with van der Waals surface area (Å²) in [5, 5.41) is 13.1. The van der Waals surface area contributed by atoms with Crippen LogP contribution in [0.15, 0.2) is 29.1 Å². The number of esters is 1. The van der Waals surface area contributed by atoms with Gasteiger partial charge in [0.1, 0.15) is 6.54 Å². The lowest BCUT2D eigenvalue weighted by Gasteiger charge is -2.32. The third-order valence-corrected chi connectivity index (χ3v) is 6.18. The molecule has 0 unspecified atom stereocenters. The Hall–Kier alpha value is -3.11. The molecule has 1 aliphatic rings. The van der Waals surface area contributed by atoms with E-state index in [-0.39, 0.29) is 24.2 Å². The Balaban J connectivity index is 1.66. The summed E-state index contributed by atoms with van der Waals surface area (Å²) in [5.41, 5.74) is 2.50. The van der Waals surface area contributed by atoms with Crippen LogP contribution < -0.4 is 5.56 Å². The third-order valence-electron chi connectivity index (χ3n) is 6.18. The number of nitrogens with one attached hydrogen (secondary N) is 1. The SMILES string of the molecule is CCOC(=O)Cn1nnnc1[C@H](CC)N(Cc1cc2cc(C)ccc2[nH]c1=O)C[C@H]1CCCO1. The first-order chi connectivity index (χ1) is 16.5. The maximum Gasteiger partial charge on any atom is 0.327 e. The lowest BCUT2D eigenvalue weighted by Crippen LogP contribution is -2.38. The summed E-state index contributed by atoms with van der Waals surface area (Å²) in [4.78, 5) is 30.2. The first-order valence-electron chi connectivity index (χ1n) is 11.9. The van der Waals surface area contributed by atoms with E-state index in [9.17, 15) is 9.59 Å². The van der Waals surface area contributed by atoms with Crippen molar-refractivity contribution in [3.8, 4) is 0 Å². The van der Waals surface area contributed by atoms with E-state index >= 15 is 0 Å². The molecule has 34 heavy (non-hydrogen) atoms. The number of benzene rings is 1. The second-order valence-corrected chi connectivity index (χ2v) is 8.70. The highest BCUT2D eigenvalue weighted by Gasteiger charge is 2.30. The van der Waals surface area contributed by atoms with Gasteiger partial charge in [-0.15, -0.1) is 5.10 Å². The van der Waals surface area contributed by atoms with E-state index in [1.54, 1.807) is 6.92 Å². The normalized spacial score (nSPS) is 16.9. The molecule has 0 saturated carbocycles. The molecule has 10 heteroatoms. The fraction of sp³-hybridized carbons (Fsp3) is 0.542. The largest absolute Gasteiger partial charge is 0.465 e. The number of carbonyl (C=O) groups excluding carboxylic acids is 1. The smallest absolute Gasteiger partial charge is 0.327 e. The monoisotopic (exact) mass is 468 g/mol. The number of hydrogen-bond acceptors (Lipinski definition) is 8. The summed E-state index contributed by atoms with van der Waals surface area (Å²) in [6.07, 6.45) is 2.76. The molecule has 0 radical (unpaired) electrons. The molecule has 182 valence electrons. The maximum absolute atomic E-state index is 13.0. The van der Waals surface area contributed by atoms with E-state index in [2.05, 4.69) is 31.5 Å². The standard InChI is InChI=1S/C24H32N6O4/c1-4-21(23-26-27-28-30(23)15-22(31)33-5-2)29(14-19-7-6-10-34-19)13-18-12-17-11-16(3)8-9-20(17)25-24(18)32/h8-9,11-12,19,21H,4-7,10,13-15H2,1-3H3,(H,25,32)/t19-,21+/m1/s1. The van der Waals surface area contributed by atoms with Gasteiger partial charge in [0.2, 0.25) is 0 Å². The van der Waals surface area contributed by atoms with Crippen molar-refractivity contribution in [3.05, 3.63) is 51.6 Å². The zero-order chi connectivity index (χ0) is 24.1. The minimum atomic E-state index is -0.391. The Morgan fingerprint density at radius 1 is 1.35 bits per heavy atom. The van der Waals surface area contributed by atoms with Crippen LogP contribution >= 0.6 is 0 Å². The van der Waals surface area contributed by atoms with Gasteiger partial charge in [-0.05, 0) is 67.1 Å². The second-order valence-electron chi connectivity index (χ2n) is 8.70. The van der Waals surface area contributed by atoms with Crippen LogP contribution in [0.4, 0.5) is 0 Å². The third kappa shape index (κ3) is 5.51. The van der Waals surface area contributed by atoms with Gasteiger partial charge in [-0.3, -0.25) is 14.5 Å². The summed E-state index contributed by atoms with van der Waals surface area (Å²) in [6, 6.07) is 7.73. The van der Waals surface area contributed by atoms with E-state index in [4.69, 9.17) is 9.47 Å². The molecule has 1 saturated heterocycles. The molecule has 3 heterocycles. The van der Waals surface area contributed by atoms with Gasteiger partial charge in [-0.2, -0.15) is 0 Å². The summed E-state index contributed by atoms with van der Waals surface area (Å²) in [7, 11) is 0. The van der Waals surface area contributed by atoms with Crippen molar-refractivity contribution in [3.63, 3.8) is 0 Å². The van der Waals surface area contributed by atoms with Gasteiger partial charge in [0.25, 0.3) is 5.56 Å². The number of hydrogen-bond donors (Lipinski definition) is 1. The molecule has 0 bridgehead atoms. The Labute approximate surface area is 198 Å². The molecule has 0 spiro atoms. The van der Waals surface area contributed by atoms with E-state index in [1.165, 1.54) is 4.68 Å². The number of aromatic amines is 1. The quantitative estimate of drug-likeness (QED) is 0.451. The first-order valence-corrected chi connectivity index (χ1v) is 11.9. The second kappa shape index (κ2) is 10.9. The highest BCUT2D eigenvalue weighted by atomic mass is 16.5. The van der Waals surface area contributed by atoms with Crippen molar-refractivity contribution < 1.29 is 14.3 Å². The number of fused-ring (bicyclic) bond motifs is 1. The van der Waals surface area contributed by atoms with Gasteiger partial charge in [0.05, 0.1) is 18.8 Å². The average molecular weight is 469 g/mol. The minimum absolute atomic E-state index is 0.0592. The molecular formula is C24H32N6O4. The Morgan fingerprint density at radius 3 is 2.94 bits per heavy atom. The number of tetrazole rings is 1. The fourth-order valence-corrected chi connectivity index (χ4v) is 4.56. The number of aromatic nitrogens is 5. The number of nitrogens with zero attached hydrogens (tertiary/aromatic N) is 5. The Bertz CT molecular complexity index is 1180. The molecular weight excluding hydrogens is 436 g/mol. The Morgan fingerprint density at radius 2 is 2.21 bits per heavy atom. The number of carbonyl (C=O) groups is 1. The topological polar surface area (TPSA) is 115 Å². The van der Waals surface area contributed by atoms with Crippen molar-refractivity contribution in [2.45, 2.75) is 65.3 Å². The molecule has 2 atom stereocenters. The van der Waals surface area contributed by atoms with Gasteiger partial charge in [0, 0.05) is 30.8 Å². The molecule has 0 amide bonds. The number of H-pyrrole nitrogens is 1. The van der Waals surface area contributed by atoms with Crippen LogP contribution in [0.5, 0.6) is 0 Å².